The summed E-state index contributed by atoms with van der Waals surface area (Å²) in [6.45, 7) is 0.610. The van der Waals surface area contributed by atoms with Crippen molar-refractivity contribution in [3.8, 4) is 0 Å². The van der Waals surface area contributed by atoms with Crippen molar-refractivity contribution in [1.29, 1.82) is 0 Å². The Morgan fingerprint density at radius 1 is 1.37 bits per heavy atom. The Hall–Kier alpha value is -0.590. The highest BCUT2D eigenvalue weighted by Gasteiger charge is 2.21. The van der Waals surface area contributed by atoms with E-state index in [1.165, 1.54) is 25.0 Å². The number of nitrogens with one attached hydrogen (secondary N) is 1. The van der Waals surface area contributed by atoms with E-state index in [9.17, 15) is 13.2 Å². The summed E-state index contributed by atoms with van der Waals surface area (Å²) in [6, 6.07) is 4.21. The Balaban J connectivity index is 2.09. The zero-order valence-electron chi connectivity index (χ0n) is 10.0. The maximum absolute atomic E-state index is 11.9. The second-order valence-electron chi connectivity index (χ2n) is 4.60. The van der Waals surface area contributed by atoms with Crippen LogP contribution in [-0.2, 0) is 9.05 Å². The van der Waals surface area contributed by atoms with E-state index in [0.29, 0.717) is 11.0 Å². The lowest BCUT2D eigenvalue weighted by molar-refractivity contribution is 0.0952. The van der Waals surface area contributed by atoms with Crippen LogP contribution in [-0.4, -0.2) is 20.9 Å². The highest BCUT2D eigenvalue weighted by Crippen LogP contribution is 2.31. The Bertz CT molecular complexity index is 599. The molecule has 0 saturated heterocycles. The minimum atomic E-state index is -3.84. The van der Waals surface area contributed by atoms with Gasteiger partial charge in [0, 0.05) is 27.3 Å². The minimum Gasteiger partial charge on any atom is -0.352 e. The minimum absolute atomic E-state index is 0.0871. The van der Waals surface area contributed by atoms with E-state index in [4.69, 9.17) is 10.7 Å². The van der Waals surface area contributed by atoms with E-state index in [1.807, 2.05) is 0 Å². The predicted octanol–water partition coefficient (Wildman–Crippen LogP) is 2.91. The molecule has 7 heteroatoms. The molecule has 1 aliphatic carbocycles. The van der Waals surface area contributed by atoms with Gasteiger partial charge in [0.2, 0.25) is 0 Å². The summed E-state index contributed by atoms with van der Waals surface area (Å²) < 4.78 is 23.1. The van der Waals surface area contributed by atoms with Gasteiger partial charge in [-0.1, -0.05) is 28.8 Å². The van der Waals surface area contributed by atoms with Crippen LogP contribution >= 0.6 is 26.6 Å². The first-order chi connectivity index (χ1) is 8.86. The van der Waals surface area contributed by atoms with E-state index in [0.717, 1.165) is 12.3 Å². The van der Waals surface area contributed by atoms with E-state index in [1.54, 1.807) is 6.07 Å². The van der Waals surface area contributed by atoms with Crippen LogP contribution < -0.4 is 5.32 Å². The molecule has 0 heterocycles. The third-order valence-corrected chi connectivity index (χ3v) is 4.74. The van der Waals surface area contributed by atoms with E-state index >= 15 is 0 Å². The zero-order chi connectivity index (χ0) is 14.0. The second kappa shape index (κ2) is 5.81. The van der Waals surface area contributed by atoms with Gasteiger partial charge in [-0.2, -0.15) is 0 Å². The highest BCUT2D eigenvalue weighted by atomic mass is 79.9. The predicted molar refractivity (Wildman–Crippen MR) is 76.9 cm³/mol. The number of hydrogen-bond donors (Lipinski definition) is 1. The quantitative estimate of drug-likeness (QED) is 0.815. The van der Waals surface area contributed by atoms with Crippen molar-refractivity contribution in [2.45, 2.75) is 24.2 Å². The molecule has 1 aromatic carbocycles. The average Bonchev–Trinajstić information content (AvgIpc) is 3.11. The molecule has 1 N–H and O–H groups in total. The lowest BCUT2D eigenvalue weighted by Gasteiger charge is -2.06. The molecule has 0 radical (unpaired) electrons. The molecule has 1 aromatic rings. The van der Waals surface area contributed by atoms with Gasteiger partial charge in [0.05, 0.1) is 4.90 Å². The summed E-state index contributed by atoms with van der Waals surface area (Å²) in [5.74, 6) is 0.449. The molecule has 4 nitrogen and oxygen atoms in total. The van der Waals surface area contributed by atoms with Gasteiger partial charge >= 0.3 is 0 Å². The Kier molecular flexibility index (Phi) is 4.53. The van der Waals surface area contributed by atoms with Gasteiger partial charge in [-0.25, -0.2) is 8.42 Å². The summed E-state index contributed by atoms with van der Waals surface area (Å²) >= 11 is 3.17. The Labute approximate surface area is 125 Å². The molecule has 19 heavy (non-hydrogen) atoms. The summed E-state index contributed by atoms with van der Waals surface area (Å²) in [7, 11) is 1.44. The van der Waals surface area contributed by atoms with Crippen LogP contribution in [0.3, 0.4) is 0 Å². The zero-order valence-corrected chi connectivity index (χ0v) is 13.2. The first-order valence-electron chi connectivity index (χ1n) is 5.90. The van der Waals surface area contributed by atoms with Crippen molar-refractivity contribution in [3.05, 3.63) is 28.2 Å². The lowest BCUT2D eigenvalue weighted by Crippen LogP contribution is -2.24. The smallest absolute Gasteiger partial charge is 0.261 e. The molecule has 2 rings (SSSR count). The summed E-state index contributed by atoms with van der Waals surface area (Å²) in [4.78, 5) is 11.8. The van der Waals surface area contributed by atoms with Crippen molar-refractivity contribution in [2.75, 3.05) is 6.54 Å². The molecule has 0 atom stereocenters. The topological polar surface area (TPSA) is 63.2 Å². The molecule has 1 aliphatic rings. The van der Waals surface area contributed by atoms with Gasteiger partial charge in [-0.05, 0) is 30.5 Å². The average molecular weight is 367 g/mol. The normalized spacial score (nSPS) is 15.3. The largest absolute Gasteiger partial charge is 0.352 e. The fraction of sp³-hybridized carbons (Fsp3) is 0.417. The molecule has 104 valence electrons. The SMILES string of the molecule is O=C(NCCC1CC1)c1cc(Br)cc(S(=O)(=O)Cl)c1. The lowest BCUT2D eigenvalue weighted by atomic mass is 10.2. The maximum Gasteiger partial charge on any atom is 0.261 e. The molecule has 0 unspecified atom stereocenters. The van der Waals surface area contributed by atoms with Crippen LogP contribution in [0.1, 0.15) is 29.6 Å². The van der Waals surface area contributed by atoms with Gasteiger partial charge in [-0.15, -0.1) is 0 Å². The van der Waals surface area contributed by atoms with Crippen LogP contribution in [0.15, 0.2) is 27.6 Å². The van der Waals surface area contributed by atoms with Crippen LogP contribution in [0.5, 0.6) is 0 Å². The van der Waals surface area contributed by atoms with Gasteiger partial charge < -0.3 is 5.32 Å². The van der Waals surface area contributed by atoms with Crippen molar-refractivity contribution in [1.82, 2.24) is 5.32 Å². The molecule has 1 amide bonds. The third-order valence-electron chi connectivity index (χ3n) is 2.95. The van der Waals surface area contributed by atoms with Crippen molar-refractivity contribution >= 4 is 41.6 Å². The van der Waals surface area contributed by atoms with Gasteiger partial charge in [0.15, 0.2) is 0 Å². The number of rotatable bonds is 5. The van der Waals surface area contributed by atoms with E-state index < -0.39 is 9.05 Å². The Morgan fingerprint density at radius 2 is 2.05 bits per heavy atom. The summed E-state index contributed by atoms with van der Waals surface area (Å²) in [5.41, 5.74) is 0.282. The number of amides is 1. The molecule has 0 bridgehead atoms. The summed E-state index contributed by atoms with van der Waals surface area (Å²) in [5, 5.41) is 2.78. The monoisotopic (exact) mass is 365 g/mol. The van der Waals surface area contributed by atoms with Crippen molar-refractivity contribution < 1.29 is 13.2 Å². The molecular formula is C12H13BrClNO3S. The molecule has 0 aromatic heterocycles. The van der Waals surface area contributed by atoms with Crippen LogP contribution in [0.25, 0.3) is 0 Å². The molecule has 0 spiro atoms. The van der Waals surface area contributed by atoms with Crippen molar-refractivity contribution in [3.63, 3.8) is 0 Å². The number of halogens is 2. The molecular weight excluding hydrogens is 354 g/mol. The van der Waals surface area contributed by atoms with Gasteiger partial charge in [0.1, 0.15) is 0 Å². The van der Waals surface area contributed by atoms with Gasteiger partial charge in [0.25, 0.3) is 15.0 Å². The number of benzene rings is 1. The van der Waals surface area contributed by atoms with Crippen LogP contribution in [0.4, 0.5) is 0 Å². The van der Waals surface area contributed by atoms with E-state index in [2.05, 4.69) is 21.2 Å². The first-order valence-corrected chi connectivity index (χ1v) is 9.00. The second-order valence-corrected chi connectivity index (χ2v) is 8.08. The first kappa shape index (κ1) is 14.8. The fourth-order valence-corrected chi connectivity index (χ4v) is 3.18. The molecule has 1 saturated carbocycles. The van der Waals surface area contributed by atoms with Crippen LogP contribution in [0.2, 0.25) is 0 Å². The van der Waals surface area contributed by atoms with E-state index in [-0.39, 0.29) is 16.4 Å². The van der Waals surface area contributed by atoms with Crippen LogP contribution in [0, 0.1) is 5.92 Å². The maximum atomic E-state index is 11.9. The molecule has 0 aliphatic heterocycles. The number of carbonyl (C=O) groups excluding carboxylic acids is 1. The highest BCUT2D eigenvalue weighted by molar-refractivity contribution is 9.10. The number of hydrogen-bond acceptors (Lipinski definition) is 3. The third kappa shape index (κ3) is 4.47. The summed E-state index contributed by atoms with van der Waals surface area (Å²) in [6.07, 6.45) is 3.45. The standard InChI is InChI=1S/C12H13BrClNO3S/c13-10-5-9(6-11(7-10)19(14,17)18)12(16)15-4-3-8-1-2-8/h5-8H,1-4H2,(H,15,16). The molecule has 1 fully saturated rings. The Morgan fingerprint density at radius 3 is 2.63 bits per heavy atom. The van der Waals surface area contributed by atoms with Gasteiger partial charge in [-0.3, -0.25) is 4.79 Å². The fourth-order valence-electron chi connectivity index (χ4n) is 1.73. The van der Waals surface area contributed by atoms with Crippen molar-refractivity contribution in [2.24, 2.45) is 5.92 Å². The number of carbonyl (C=O) groups is 1.